The number of ether oxygens (including phenoxy) is 1. The molecular formula is C15H23F2NO2S. The Morgan fingerprint density at radius 3 is 2.76 bits per heavy atom. The van der Waals surface area contributed by atoms with E-state index >= 15 is 0 Å². The van der Waals surface area contributed by atoms with Gasteiger partial charge in [-0.15, -0.1) is 0 Å². The van der Waals surface area contributed by atoms with Crippen LogP contribution >= 0.6 is 11.8 Å². The molecule has 0 spiro atoms. The molecule has 1 aliphatic rings. The second-order valence-electron chi connectivity index (χ2n) is 5.25. The van der Waals surface area contributed by atoms with Gasteiger partial charge in [0.15, 0.2) is 0 Å². The first-order valence-corrected chi connectivity index (χ1v) is 8.58. The summed E-state index contributed by atoms with van der Waals surface area (Å²) in [5.74, 6) is -0.774. The fourth-order valence-corrected chi connectivity index (χ4v) is 2.93. The van der Waals surface area contributed by atoms with Gasteiger partial charge in [-0.25, -0.2) is 0 Å². The van der Waals surface area contributed by atoms with E-state index in [0.29, 0.717) is 36.8 Å². The molecule has 3 nitrogen and oxygen atoms in total. The van der Waals surface area contributed by atoms with E-state index in [0.717, 1.165) is 12.3 Å². The van der Waals surface area contributed by atoms with Crippen molar-refractivity contribution in [2.24, 2.45) is 0 Å². The summed E-state index contributed by atoms with van der Waals surface area (Å²) in [4.78, 5) is 0. The maximum absolute atomic E-state index is 12.1. The summed E-state index contributed by atoms with van der Waals surface area (Å²) in [6.07, 6.45) is 6.70. The molecule has 21 heavy (non-hydrogen) atoms. The zero-order valence-electron chi connectivity index (χ0n) is 12.2. The third-order valence-electron chi connectivity index (χ3n) is 3.55. The third-order valence-corrected chi connectivity index (χ3v) is 4.26. The Labute approximate surface area is 128 Å². The van der Waals surface area contributed by atoms with Crippen molar-refractivity contribution in [3.8, 4) is 0 Å². The lowest BCUT2D eigenvalue weighted by Crippen LogP contribution is -2.24. The van der Waals surface area contributed by atoms with Crippen LogP contribution in [0.1, 0.15) is 43.6 Å². The van der Waals surface area contributed by atoms with Crippen LogP contribution in [-0.4, -0.2) is 25.0 Å². The first kappa shape index (κ1) is 16.8. The van der Waals surface area contributed by atoms with Gasteiger partial charge in [0, 0.05) is 6.54 Å². The standard InChI is InChI=1S/C15H23F2NO2S/c16-15(17)21-11-14-7-6-13(20-14)10-18-8-9-19-12-4-2-1-3-5-12/h6-7,12,15,18H,1-5,8-11H2. The van der Waals surface area contributed by atoms with E-state index in [2.05, 4.69) is 5.32 Å². The van der Waals surface area contributed by atoms with E-state index in [1.165, 1.54) is 32.1 Å². The lowest BCUT2D eigenvalue weighted by molar-refractivity contribution is 0.0301. The topological polar surface area (TPSA) is 34.4 Å². The van der Waals surface area contributed by atoms with Crippen LogP contribution in [0.5, 0.6) is 0 Å². The highest BCUT2D eigenvalue weighted by atomic mass is 32.2. The van der Waals surface area contributed by atoms with Gasteiger partial charge in [0.05, 0.1) is 25.0 Å². The Hall–Kier alpha value is -0.590. The summed E-state index contributed by atoms with van der Waals surface area (Å²) in [6.45, 7) is 2.09. The Balaban J connectivity index is 1.54. The molecule has 0 amide bonds. The molecule has 1 fully saturated rings. The molecule has 6 heteroatoms. The number of hydrogen-bond donors (Lipinski definition) is 1. The zero-order chi connectivity index (χ0) is 14.9. The molecule has 0 aromatic carbocycles. The van der Waals surface area contributed by atoms with Crippen LogP contribution in [-0.2, 0) is 17.0 Å². The Morgan fingerprint density at radius 1 is 1.24 bits per heavy atom. The third kappa shape index (κ3) is 6.80. The van der Waals surface area contributed by atoms with Crippen molar-refractivity contribution in [1.29, 1.82) is 0 Å². The van der Waals surface area contributed by atoms with Crippen molar-refractivity contribution in [3.63, 3.8) is 0 Å². The number of furan rings is 1. The predicted molar refractivity (Wildman–Crippen MR) is 80.5 cm³/mol. The molecule has 0 atom stereocenters. The number of nitrogens with one attached hydrogen (secondary N) is 1. The first-order valence-electron chi connectivity index (χ1n) is 7.53. The van der Waals surface area contributed by atoms with Gasteiger partial charge in [-0.2, -0.15) is 8.78 Å². The molecule has 120 valence electrons. The van der Waals surface area contributed by atoms with E-state index < -0.39 is 5.76 Å². The molecular weight excluding hydrogens is 296 g/mol. The van der Waals surface area contributed by atoms with Gasteiger partial charge in [-0.1, -0.05) is 31.0 Å². The van der Waals surface area contributed by atoms with Gasteiger partial charge in [-0.05, 0) is 25.0 Å². The molecule has 0 radical (unpaired) electrons. The fraction of sp³-hybridized carbons (Fsp3) is 0.733. The average Bonchev–Trinajstić information content (AvgIpc) is 2.94. The summed E-state index contributed by atoms with van der Waals surface area (Å²) in [7, 11) is 0. The van der Waals surface area contributed by atoms with Gasteiger partial charge in [0.2, 0.25) is 0 Å². The van der Waals surface area contributed by atoms with Gasteiger partial charge >= 0.3 is 0 Å². The van der Waals surface area contributed by atoms with Crippen LogP contribution in [0.25, 0.3) is 0 Å². The van der Waals surface area contributed by atoms with Crippen LogP contribution in [0, 0.1) is 0 Å². The van der Waals surface area contributed by atoms with Gasteiger partial charge < -0.3 is 14.5 Å². The second-order valence-corrected chi connectivity index (χ2v) is 6.23. The van der Waals surface area contributed by atoms with E-state index in [4.69, 9.17) is 9.15 Å². The minimum atomic E-state index is -2.35. The van der Waals surface area contributed by atoms with E-state index in [-0.39, 0.29) is 5.75 Å². The summed E-state index contributed by atoms with van der Waals surface area (Å²) < 4.78 is 35.4. The summed E-state index contributed by atoms with van der Waals surface area (Å²) in [6, 6.07) is 3.58. The first-order chi connectivity index (χ1) is 10.2. The molecule has 1 heterocycles. The molecule has 0 bridgehead atoms. The van der Waals surface area contributed by atoms with Gasteiger partial charge in [-0.3, -0.25) is 0 Å². The van der Waals surface area contributed by atoms with Gasteiger partial charge in [0.25, 0.3) is 5.76 Å². The highest BCUT2D eigenvalue weighted by Gasteiger charge is 2.13. The Morgan fingerprint density at radius 2 is 2.00 bits per heavy atom. The Bertz CT molecular complexity index is 395. The largest absolute Gasteiger partial charge is 0.464 e. The summed E-state index contributed by atoms with van der Waals surface area (Å²) in [5, 5.41) is 3.25. The van der Waals surface area contributed by atoms with Crippen molar-refractivity contribution in [2.45, 2.75) is 56.3 Å². The predicted octanol–water partition coefficient (Wildman–Crippen LogP) is 4.17. The highest BCUT2D eigenvalue weighted by molar-refractivity contribution is 7.98. The molecule has 0 saturated heterocycles. The smallest absolute Gasteiger partial charge is 0.284 e. The van der Waals surface area contributed by atoms with E-state index in [1.807, 2.05) is 6.07 Å². The van der Waals surface area contributed by atoms with Crippen molar-refractivity contribution in [2.75, 3.05) is 13.2 Å². The van der Waals surface area contributed by atoms with Crippen LogP contribution in [0.3, 0.4) is 0 Å². The Kier molecular flexibility index (Phi) is 7.53. The molecule has 1 N–H and O–H groups in total. The molecule has 1 aromatic rings. The number of hydrogen-bond acceptors (Lipinski definition) is 4. The summed E-state index contributed by atoms with van der Waals surface area (Å²) in [5.41, 5.74) is 0. The highest BCUT2D eigenvalue weighted by Crippen LogP contribution is 2.21. The minimum absolute atomic E-state index is 0.211. The minimum Gasteiger partial charge on any atom is -0.464 e. The lowest BCUT2D eigenvalue weighted by atomic mass is 9.98. The molecule has 1 aliphatic carbocycles. The van der Waals surface area contributed by atoms with Crippen LogP contribution < -0.4 is 5.32 Å². The van der Waals surface area contributed by atoms with Crippen molar-refractivity contribution in [1.82, 2.24) is 5.32 Å². The quantitative estimate of drug-likeness (QED) is 0.693. The van der Waals surface area contributed by atoms with Crippen LogP contribution in [0.4, 0.5) is 8.78 Å². The number of halogens is 2. The lowest BCUT2D eigenvalue weighted by Gasteiger charge is -2.21. The van der Waals surface area contributed by atoms with E-state index in [9.17, 15) is 8.78 Å². The maximum atomic E-state index is 12.1. The van der Waals surface area contributed by atoms with Gasteiger partial charge in [0.1, 0.15) is 11.5 Å². The maximum Gasteiger partial charge on any atom is 0.284 e. The molecule has 0 unspecified atom stereocenters. The van der Waals surface area contributed by atoms with E-state index in [1.54, 1.807) is 6.07 Å². The molecule has 1 saturated carbocycles. The second kappa shape index (κ2) is 9.43. The van der Waals surface area contributed by atoms with Crippen LogP contribution in [0.15, 0.2) is 16.5 Å². The SMILES string of the molecule is FC(F)SCc1ccc(CNCCOC2CCCCC2)o1. The number of thioether (sulfide) groups is 1. The summed E-state index contributed by atoms with van der Waals surface area (Å²) >= 11 is 0.578. The van der Waals surface area contributed by atoms with Crippen molar-refractivity contribution < 1.29 is 17.9 Å². The van der Waals surface area contributed by atoms with Crippen LogP contribution in [0.2, 0.25) is 0 Å². The molecule has 0 aliphatic heterocycles. The number of alkyl halides is 2. The van der Waals surface area contributed by atoms with Crippen molar-refractivity contribution in [3.05, 3.63) is 23.7 Å². The monoisotopic (exact) mass is 319 g/mol. The van der Waals surface area contributed by atoms with Crippen molar-refractivity contribution >= 4 is 11.8 Å². The number of rotatable bonds is 9. The average molecular weight is 319 g/mol. The molecule has 1 aromatic heterocycles. The molecule has 2 rings (SSSR count). The zero-order valence-corrected chi connectivity index (χ0v) is 13.0. The fourth-order valence-electron chi connectivity index (χ4n) is 2.48. The normalized spacial score (nSPS) is 16.7.